The second-order valence-corrected chi connectivity index (χ2v) is 0.903. The molecule has 0 unspecified atom stereocenters. The molecule has 8 heavy (non-hydrogen) atoms. The molecule has 0 aliphatic heterocycles. The molecule has 0 bridgehead atoms. The third-order valence-corrected chi connectivity index (χ3v) is 0.308. The number of halogens is 4. The molecule has 0 spiro atoms. The standard InChI is InChI=1S/C3H2F4.AtH/c1-2(4)3(5,6)7;/h1H2;1H. The van der Waals surface area contributed by atoms with Crippen molar-refractivity contribution in [2.75, 3.05) is 0 Å². The molecule has 0 heterocycles. The fraction of sp³-hybridized carbons (Fsp3) is 0.333. The third-order valence-electron chi connectivity index (χ3n) is 0.308. The first-order valence-electron chi connectivity index (χ1n) is 1.36. The Morgan fingerprint density at radius 3 is 1.38 bits per heavy atom. The van der Waals surface area contributed by atoms with Crippen LogP contribution in [0.4, 0.5) is 17.6 Å². The van der Waals surface area contributed by atoms with Gasteiger partial charge in [0.25, 0.3) is 0 Å². The van der Waals surface area contributed by atoms with Crippen molar-refractivity contribution in [3.63, 3.8) is 0 Å². The van der Waals surface area contributed by atoms with Crippen LogP contribution in [0.2, 0.25) is 0 Å². The van der Waals surface area contributed by atoms with Gasteiger partial charge in [-0.2, -0.15) is 13.2 Å². The molecule has 0 rings (SSSR count). The zero-order valence-electron chi connectivity index (χ0n) is 3.63. The van der Waals surface area contributed by atoms with Crippen molar-refractivity contribution in [1.29, 1.82) is 0 Å². The average molecular weight is 325 g/mol. The molecular formula is C3H3AtF4. The molecular weight excluding hydrogens is 322 g/mol. The number of rotatable bonds is 0. The predicted molar refractivity (Wildman–Crippen MR) is 17.7 cm³/mol. The van der Waals surface area contributed by atoms with Gasteiger partial charge in [-0.25, -0.2) is 4.39 Å². The summed E-state index contributed by atoms with van der Waals surface area (Å²) >= 11 is 0. The molecule has 0 atom stereocenters. The van der Waals surface area contributed by atoms with Crippen LogP contribution in [0.3, 0.4) is 0 Å². The molecule has 0 aromatic rings. The van der Waals surface area contributed by atoms with E-state index in [2.05, 4.69) is 0 Å². The van der Waals surface area contributed by atoms with E-state index >= 15 is 0 Å². The van der Waals surface area contributed by atoms with Gasteiger partial charge in [-0.15, -0.1) is 0 Å². The Kier molecular flexibility index (Phi) is 4.73. The molecule has 0 amide bonds. The molecule has 0 aliphatic carbocycles. The van der Waals surface area contributed by atoms with Crippen LogP contribution in [0.15, 0.2) is 12.4 Å². The van der Waals surface area contributed by atoms with Crippen molar-refractivity contribution < 1.29 is 43.8 Å². The third kappa shape index (κ3) is 4.50. The van der Waals surface area contributed by atoms with Crippen LogP contribution in [0.5, 0.6) is 0 Å². The van der Waals surface area contributed by atoms with Gasteiger partial charge in [0, 0.05) is 0 Å². The fourth-order valence-corrected chi connectivity index (χ4v) is 0. The minimum atomic E-state index is -4.86. The van der Waals surface area contributed by atoms with Crippen molar-refractivity contribution in [3.05, 3.63) is 12.4 Å². The summed E-state index contributed by atoms with van der Waals surface area (Å²) in [6.45, 7) is 2.03. The molecule has 0 aliphatic rings. The molecule has 0 N–H and O–H groups in total. The number of alkyl halides is 3. The quantitative estimate of drug-likeness (QED) is 0.596. The van der Waals surface area contributed by atoms with Crippen LogP contribution in [-0.4, -0.2) is 6.18 Å². The molecule has 0 aromatic carbocycles. The molecule has 5 heteroatoms. The molecule has 0 saturated heterocycles. The molecule has 50 valence electrons. The van der Waals surface area contributed by atoms with E-state index in [1.54, 1.807) is 0 Å². The topological polar surface area (TPSA) is 0 Å². The van der Waals surface area contributed by atoms with Crippen LogP contribution in [0, 0.1) is 26.2 Å². The minimum absolute atomic E-state index is 0. The van der Waals surface area contributed by atoms with Gasteiger partial charge in [-0.1, -0.05) is 6.58 Å². The Morgan fingerprint density at radius 1 is 1.25 bits per heavy atom. The first-order valence-corrected chi connectivity index (χ1v) is 1.36. The maximum atomic E-state index is 10.9. The zero-order valence-corrected chi connectivity index (χ0v) is 6.80. The Bertz CT molecular complexity index is 83.8. The molecule has 0 aromatic heterocycles. The summed E-state index contributed by atoms with van der Waals surface area (Å²) in [5, 5.41) is 0. The normalized spacial score (nSPS) is 10.0. The first-order chi connectivity index (χ1) is 2.94. The number of hydrogen-bond acceptors (Lipinski definition) is 0. The van der Waals surface area contributed by atoms with Crippen LogP contribution in [-0.2, 0) is 0 Å². The Labute approximate surface area is 62.7 Å². The van der Waals surface area contributed by atoms with Gasteiger partial charge in [0.15, 0.2) is 5.83 Å². The van der Waals surface area contributed by atoms with Gasteiger partial charge in [0.05, 0.1) is 0 Å². The van der Waals surface area contributed by atoms with E-state index in [4.69, 9.17) is 0 Å². The SMILES string of the molecule is C=C(F)C(F)(F)F.[AtH]. The van der Waals surface area contributed by atoms with E-state index in [1.165, 1.54) is 0 Å². The van der Waals surface area contributed by atoms with Gasteiger partial charge in [-0.05, 0) is 0 Å². The van der Waals surface area contributed by atoms with Crippen LogP contribution >= 0.6 is 0 Å². The van der Waals surface area contributed by atoms with Crippen molar-refractivity contribution in [3.8, 4) is 0 Å². The van der Waals surface area contributed by atoms with Crippen molar-refractivity contribution in [2.24, 2.45) is 0 Å². The second kappa shape index (κ2) is 3.38. The summed E-state index contributed by atoms with van der Waals surface area (Å²) in [6.07, 6.45) is -4.86. The fourth-order valence-electron chi connectivity index (χ4n) is 0. The van der Waals surface area contributed by atoms with E-state index in [-0.39, 0.29) is 26.2 Å². The van der Waals surface area contributed by atoms with Gasteiger partial charge in [0.1, 0.15) is 0 Å². The molecule has 0 nitrogen and oxygen atoms in total. The summed E-state index contributed by atoms with van der Waals surface area (Å²) in [5.41, 5.74) is 0. The monoisotopic (exact) mass is 325 g/mol. The van der Waals surface area contributed by atoms with Crippen molar-refractivity contribution in [1.82, 2.24) is 0 Å². The number of allylic oxidation sites excluding steroid dienone is 1. The first kappa shape index (κ1) is 11.2. The number of hydrogen-bond donors (Lipinski definition) is 0. The molecule has 0 radical (unpaired) electrons. The summed E-state index contributed by atoms with van der Waals surface area (Å²) in [5.74, 6) is -2.26. The van der Waals surface area contributed by atoms with Crippen LogP contribution < -0.4 is 0 Å². The zero-order chi connectivity index (χ0) is 6.08. The van der Waals surface area contributed by atoms with Gasteiger partial charge in [0.2, 0.25) is 0 Å². The summed E-state index contributed by atoms with van der Waals surface area (Å²) in [7, 11) is 0. The van der Waals surface area contributed by atoms with Gasteiger partial charge in [-0.3, -0.25) is 0 Å². The maximum absolute atomic E-state index is 10.9. The van der Waals surface area contributed by atoms with E-state index in [1.807, 2.05) is 6.58 Å². The van der Waals surface area contributed by atoms with E-state index in [9.17, 15) is 17.6 Å². The van der Waals surface area contributed by atoms with Crippen molar-refractivity contribution >= 4 is 0 Å². The van der Waals surface area contributed by atoms with Gasteiger partial charge < -0.3 is 0 Å². The van der Waals surface area contributed by atoms with Crippen LogP contribution in [0.1, 0.15) is 0 Å². The summed E-state index contributed by atoms with van der Waals surface area (Å²) < 4.78 is 43.0. The second-order valence-electron chi connectivity index (χ2n) is 0.903. The van der Waals surface area contributed by atoms with Gasteiger partial charge >= 0.3 is 32.4 Å². The molecule has 0 fully saturated rings. The van der Waals surface area contributed by atoms with E-state index in [0.717, 1.165) is 0 Å². The van der Waals surface area contributed by atoms with E-state index in [0.29, 0.717) is 0 Å². The van der Waals surface area contributed by atoms with Crippen LogP contribution in [0.25, 0.3) is 0 Å². The van der Waals surface area contributed by atoms with Crippen molar-refractivity contribution in [2.45, 2.75) is 6.18 Å². The Balaban J connectivity index is 0. The average Bonchev–Trinajstić information content (AvgIpc) is 1.31. The van der Waals surface area contributed by atoms with E-state index < -0.39 is 12.0 Å². The molecule has 0 saturated carbocycles. The summed E-state index contributed by atoms with van der Waals surface area (Å²) in [4.78, 5) is 0. The summed E-state index contributed by atoms with van der Waals surface area (Å²) in [6, 6.07) is 0. The Morgan fingerprint density at radius 2 is 1.38 bits per heavy atom. The Hall–Kier alpha value is 0.343. The predicted octanol–water partition coefficient (Wildman–Crippen LogP) is 1.76.